The number of amides is 1. The molecule has 8 heteroatoms. The predicted molar refractivity (Wildman–Crippen MR) is 139 cm³/mol. The first-order chi connectivity index (χ1) is 16.5. The minimum atomic E-state index is -0.391. The summed E-state index contributed by atoms with van der Waals surface area (Å²) in [5.74, 6) is -0.530. The molecule has 4 aromatic rings. The van der Waals surface area contributed by atoms with E-state index in [4.69, 9.17) is 4.74 Å². The summed E-state index contributed by atoms with van der Waals surface area (Å²) in [5, 5.41) is 6.37. The summed E-state index contributed by atoms with van der Waals surface area (Å²) in [4.78, 5) is 34.5. The summed E-state index contributed by atoms with van der Waals surface area (Å²) < 4.78 is 4.99. The number of thioether (sulfide) groups is 1. The maximum absolute atomic E-state index is 12.9. The lowest BCUT2D eigenvalue weighted by molar-refractivity contribution is -0.115. The average Bonchev–Trinajstić information content (AvgIpc) is 3.30. The Hall–Kier alpha value is -3.23. The molecule has 0 saturated heterocycles. The fourth-order valence-corrected chi connectivity index (χ4v) is 5.35. The van der Waals surface area contributed by atoms with Crippen LogP contribution in [0.3, 0.4) is 0 Å². The average molecular weight is 492 g/mol. The molecule has 2 aromatic carbocycles. The Labute approximate surface area is 206 Å². The summed E-state index contributed by atoms with van der Waals surface area (Å²) in [6, 6.07) is 15.2. The number of esters is 1. The van der Waals surface area contributed by atoms with Crippen LogP contribution in [-0.4, -0.2) is 33.7 Å². The molecule has 0 bridgehead atoms. The van der Waals surface area contributed by atoms with Gasteiger partial charge < -0.3 is 10.1 Å². The van der Waals surface area contributed by atoms with Crippen molar-refractivity contribution in [3.8, 4) is 11.1 Å². The van der Waals surface area contributed by atoms with E-state index in [9.17, 15) is 9.59 Å². The van der Waals surface area contributed by atoms with E-state index < -0.39 is 5.25 Å². The van der Waals surface area contributed by atoms with Gasteiger partial charge in [0.25, 0.3) is 0 Å². The third-order valence-corrected chi connectivity index (χ3v) is 7.32. The molecule has 0 radical (unpaired) electrons. The summed E-state index contributed by atoms with van der Waals surface area (Å²) in [5.41, 5.74) is 4.54. The Morgan fingerprint density at radius 2 is 1.79 bits per heavy atom. The first-order valence-electron chi connectivity index (χ1n) is 11.1. The summed E-state index contributed by atoms with van der Waals surface area (Å²) in [6.07, 6.45) is 2.54. The number of rotatable bonds is 8. The zero-order valence-electron chi connectivity index (χ0n) is 19.2. The topological polar surface area (TPSA) is 81.2 Å². The Bertz CT molecular complexity index is 1300. The van der Waals surface area contributed by atoms with Crippen molar-refractivity contribution in [3.63, 3.8) is 0 Å². The highest BCUT2D eigenvalue weighted by molar-refractivity contribution is 8.00. The minimum absolute atomic E-state index is 0.148. The van der Waals surface area contributed by atoms with Crippen LogP contribution in [0.5, 0.6) is 0 Å². The Balaban J connectivity index is 1.51. The van der Waals surface area contributed by atoms with E-state index in [0.29, 0.717) is 17.9 Å². The number of carbonyl (C=O) groups excluding carboxylic acids is 2. The molecule has 1 atom stereocenters. The zero-order valence-corrected chi connectivity index (χ0v) is 20.8. The van der Waals surface area contributed by atoms with Gasteiger partial charge in [-0.1, -0.05) is 43.0 Å². The number of fused-ring (bicyclic) bond motifs is 1. The Kier molecular flexibility index (Phi) is 7.59. The Morgan fingerprint density at radius 3 is 2.47 bits per heavy atom. The monoisotopic (exact) mass is 491 g/mol. The van der Waals surface area contributed by atoms with Crippen LogP contribution in [-0.2, 0) is 16.0 Å². The number of nitrogens with zero attached hydrogens (tertiary/aromatic N) is 2. The number of hydrogen-bond donors (Lipinski definition) is 1. The van der Waals surface area contributed by atoms with Gasteiger partial charge in [0.05, 0.1) is 22.8 Å². The lowest BCUT2D eigenvalue weighted by Gasteiger charge is -2.13. The van der Waals surface area contributed by atoms with Crippen molar-refractivity contribution < 1.29 is 14.3 Å². The second-order valence-corrected chi connectivity index (χ2v) is 9.79. The molecule has 0 aliphatic heterocycles. The lowest BCUT2D eigenvalue weighted by atomic mass is 10.0. The number of aryl methyl sites for hydroxylation is 1. The third kappa shape index (κ3) is 5.29. The molecule has 6 nitrogen and oxygen atoms in total. The van der Waals surface area contributed by atoms with E-state index in [1.165, 1.54) is 17.3 Å². The van der Waals surface area contributed by atoms with E-state index in [2.05, 4.69) is 51.9 Å². The number of hydrogen-bond acceptors (Lipinski definition) is 7. The zero-order chi connectivity index (χ0) is 24.1. The van der Waals surface area contributed by atoms with Crippen LogP contribution in [0.15, 0.2) is 65.3 Å². The maximum Gasteiger partial charge on any atom is 0.338 e. The molecule has 0 saturated carbocycles. The van der Waals surface area contributed by atoms with Gasteiger partial charge in [0.2, 0.25) is 5.91 Å². The molecular formula is C26H25N3O3S2. The molecule has 34 heavy (non-hydrogen) atoms. The van der Waals surface area contributed by atoms with Gasteiger partial charge in [-0.2, -0.15) is 0 Å². The molecule has 2 aromatic heterocycles. The highest BCUT2D eigenvalue weighted by Crippen LogP contribution is 2.39. The van der Waals surface area contributed by atoms with E-state index in [0.717, 1.165) is 32.8 Å². The van der Waals surface area contributed by atoms with Crippen molar-refractivity contribution in [2.75, 3.05) is 11.9 Å². The van der Waals surface area contributed by atoms with Crippen LogP contribution in [0.25, 0.3) is 21.3 Å². The second-order valence-electron chi connectivity index (χ2n) is 7.61. The van der Waals surface area contributed by atoms with Gasteiger partial charge in [-0.05, 0) is 55.7 Å². The molecule has 1 amide bonds. The van der Waals surface area contributed by atoms with Crippen molar-refractivity contribution in [2.24, 2.45) is 0 Å². The molecule has 0 fully saturated rings. The highest BCUT2D eigenvalue weighted by atomic mass is 32.2. The Morgan fingerprint density at radius 1 is 1.06 bits per heavy atom. The summed E-state index contributed by atoms with van der Waals surface area (Å²) in [6.45, 7) is 6.07. The number of thiophene rings is 1. The van der Waals surface area contributed by atoms with Crippen LogP contribution in [0.4, 0.5) is 5.69 Å². The smallest absolute Gasteiger partial charge is 0.338 e. The first-order valence-corrected chi connectivity index (χ1v) is 12.8. The number of benzene rings is 2. The van der Waals surface area contributed by atoms with Gasteiger partial charge in [-0.25, -0.2) is 14.8 Å². The van der Waals surface area contributed by atoms with Gasteiger partial charge in [-0.3, -0.25) is 4.79 Å². The molecule has 0 spiro atoms. The molecule has 0 aliphatic carbocycles. The fourth-order valence-electron chi connectivity index (χ4n) is 3.44. The minimum Gasteiger partial charge on any atom is -0.462 e. The quantitative estimate of drug-likeness (QED) is 0.179. The van der Waals surface area contributed by atoms with Crippen LogP contribution >= 0.6 is 23.1 Å². The van der Waals surface area contributed by atoms with Gasteiger partial charge in [0.1, 0.15) is 16.2 Å². The first kappa shape index (κ1) is 23.9. The van der Waals surface area contributed by atoms with Crippen molar-refractivity contribution in [1.29, 1.82) is 0 Å². The van der Waals surface area contributed by atoms with E-state index >= 15 is 0 Å². The van der Waals surface area contributed by atoms with E-state index in [1.54, 1.807) is 48.9 Å². The molecular weight excluding hydrogens is 466 g/mol. The van der Waals surface area contributed by atoms with Crippen molar-refractivity contribution in [3.05, 3.63) is 71.4 Å². The normalized spacial score (nSPS) is 11.9. The maximum atomic E-state index is 12.9. The van der Waals surface area contributed by atoms with Crippen molar-refractivity contribution in [2.45, 2.75) is 37.5 Å². The van der Waals surface area contributed by atoms with E-state index in [-0.39, 0.29) is 11.9 Å². The third-order valence-electron chi connectivity index (χ3n) is 5.33. The number of nitrogens with one attached hydrogen (secondary N) is 1. The van der Waals surface area contributed by atoms with E-state index in [1.807, 2.05) is 6.92 Å². The van der Waals surface area contributed by atoms with Gasteiger partial charge in [-0.15, -0.1) is 11.3 Å². The SMILES string of the molecule is CCOC(=O)c1ccc(NC(=O)C(C)Sc2ncnc3scc(-c4ccc(CC)cc4)c23)cc1. The molecule has 4 rings (SSSR count). The molecule has 2 heterocycles. The molecule has 1 unspecified atom stereocenters. The predicted octanol–water partition coefficient (Wildman–Crippen LogP) is 6.22. The lowest BCUT2D eigenvalue weighted by Crippen LogP contribution is -2.22. The number of aromatic nitrogens is 2. The van der Waals surface area contributed by atoms with Gasteiger partial charge >= 0.3 is 5.97 Å². The standard InChI is InChI=1S/C26H25N3O3S2/c1-4-17-6-8-18(9-7-17)21-14-33-24-22(21)25(28-15-27-24)34-16(3)23(30)29-20-12-10-19(11-13-20)26(31)32-5-2/h6-16H,4-5H2,1-3H3,(H,29,30). The van der Waals surface area contributed by atoms with Gasteiger partial charge in [0.15, 0.2) is 0 Å². The number of ether oxygens (including phenoxy) is 1. The number of carbonyl (C=O) groups is 2. The summed E-state index contributed by atoms with van der Waals surface area (Å²) >= 11 is 2.98. The highest BCUT2D eigenvalue weighted by Gasteiger charge is 2.20. The largest absolute Gasteiger partial charge is 0.462 e. The van der Waals surface area contributed by atoms with Crippen molar-refractivity contribution >= 4 is 50.9 Å². The van der Waals surface area contributed by atoms with Crippen LogP contribution < -0.4 is 5.32 Å². The van der Waals surface area contributed by atoms with Crippen LogP contribution in [0, 0.1) is 0 Å². The molecule has 174 valence electrons. The second kappa shape index (κ2) is 10.8. The van der Waals surface area contributed by atoms with Crippen molar-refractivity contribution in [1.82, 2.24) is 9.97 Å². The fraction of sp³-hybridized carbons (Fsp3) is 0.231. The molecule has 1 N–H and O–H groups in total. The van der Waals surface area contributed by atoms with Gasteiger partial charge in [0, 0.05) is 16.6 Å². The summed E-state index contributed by atoms with van der Waals surface area (Å²) in [7, 11) is 0. The van der Waals surface area contributed by atoms with Crippen LogP contribution in [0.1, 0.15) is 36.7 Å². The van der Waals surface area contributed by atoms with Crippen LogP contribution in [0.2, 0.25) is 0 Å². The molecule has 0 aliphatic rings. The number of anilines is 1.